The molecule has 2 aromatic rings. The van der Waals surface area contributed by atoms with E-state index in [-0.39, 0.29) is 17.2 Å². The van der Waals surface area contributed by atoms with Crippen LogP contribution in [0.1, 0.15) is 15.9 Å². The number of nitrogens with two attached hydrogens (primary N) is 1. The van der Waals surface area contributed by atoms with E-state index in [0.29, 0.717) is 11.1 Å². The van der Waals surface area contributed by atoms with E-state index in [1.54, 1.807) is 30.3 Å². The predicted molar refractivity (Wildman–Crippen MR) is 74.6 cm³/mol. The monoisotopic (exact) mass is 269 g/mol. The molecule has 0 bridgehead atoms. The van der Waals surface area contributed by atoms with Gasteiger partial charge in [-0.2, -0.15) is 5.10 Å². The summed E-state index contributed by atoms with van der Waals surface area (Å²) in [6.07, 6.45) is 0. The van der Waals surface area contributed by atoms with Crippen LogP contribution in [0.25, 0.3) is 0 Å². The van der Waals surface area contributed by atoms with Crippen LogP contribution < -0.4 is 5.84 Å². The first-order valence-corrected chi connectivity index (χ1v) is 5.76. The number of carbonyl (C=O) groups is 1. The molecule has 2 rings (SSSR count). The second kappa shape index (κ2) is 5.75. The second-order valence-electron chi connectivity index (χ2n) is 3.98. The van der Waals surface area contributed by atoms with Crippen molar-refractivity contribution >= 4 is 17.2 Å². The molecule has 0 radical (unpaired) electrons. The van der Waals surface area contributed by atoms with Crippen molar-refractivity contribution in [3.8, 4) is 0 Å². The lowest BCUT2D eigenvalue weighted by atomic mass is 10.0. The number of nitro groups is 1. The van der Waals surface area contributed by atoms with Crippen LogP contribution in [-0.4, -0.2) is 16.4 Å². The first-order chi connectivity index (χ1) is 9.63. The lowest BCUT2D eigenvalue weighted by molar-refractivity contribution is -0.384. The Morgan fingerprint density at radius 1 is 1.00 bits per heavy atom. The molecule has 0 amide bonds. The van der Waals surface area contributed by atoms with Crippen LogP contribution in [0, 0.1) is 10.1 Å². The second-order valence-corrected chi connectivity index (χ2v) is 3.98. The van der Waals surface area contributed by atoms with Gasteiger partial charge in [0, 0.05) is 23.3 Å². The number of hydrogen-bond acceptors (Lipinski definition) is 5. The van der Waals surface area contributed by atoms with E-state index in [1.165, 1.54) is 24.3 Å². The van der Waals surface area contributed by atoms with Gasteiger partial charge in [0.25, 0.3) is 5.69 Å². The van der Waals surface area contributed by atoms with Crippen molar-refractivity contribution in [3.05, 3.63) is 75.8 Å². The van der Waals surface area contributed by atoms with Crippen LogP contribution in [0.15, 0.2) is 59.7 Å². The van der Waals surface area contributed by atoms with Gasteiger partial charge in [0.05, 0.1) is 4.92 Å². The highest BCUT2D eigenvalue weighted by Crippen LogP contribution is 2.14. The lowest BCUT2D eigenvalue weighted by Gasteiger charge is -2.04. The SMILES string of the molecule is N/N=C(\C(=O)c1ccccc1)c1ccc([N+](=O)[O-])cc1. The van der Waals surface area contributed by atoms with Gasteiger partial charge >= 0.3 is 0 Å². The van der Waals surface area contributed by atoms with Crippen LogP contribution in [-0.2, 0) is 0 Å². The van der Waals surface area contributed by atoms with Gasteiger partial charge < -0.3 is 5.84 Å². The molecule has 0 saturated carbocycles. The van der Waals surface area contributed by atoms with E-state index in [1.807, 2.05) is 0 Å². The topological polar surface area (TPSA) is 98.6 Å². The summed E-state index contributed by atoms with van der Waals surface area (Å²) in [5.74, 6) is 4.94. The summed E-state index contributed by atoms with van der Waals surface area (Å²) in [4.78, 5) is 22.3. The number of rotatable bonds is 4. The predicted octanol–water partition coefficient (Wildman–Crippen LogP) is 2.14. The number of Topliss-reactive ketones (excluding diaryl/α,β-unsaturated/α-hetero) is 1. The van der Waals surface area contributed by atoms with E-state index < -0.39 is 4.92 Å². The van der Waals surface area contributed by atoms with Crippen LogP contribution in [0.2, 0.25) is 0 Å². The van der Waals surface area contributed by atoms with Crippen LogP contribution in [0.3, 0.4) is 0 Å². The Balaban J connectivity index is 2.34. The Labute approximate surface area is 114 Å². The molecule has 100 valence electrons. The summed E-state index contributed by atoms with van der Waals surface area (Å²) in [5, 5.41) is 14.1. The van der Waals surface area contributed by atoms with Crippen molar-refractivity contribution in [1.82, 2.24) is 0 Å². The molecular formula is C14H11N3O3. The van der Waals surface area contributed by atoms with Crippen molar-refractivity contribution in [2.75, 3.05) is 0 Å². The number of nitrogens with zero attached hydrogens (tertiary/aromatic N) is 2. The third-order valence-electron chi connectivity index (χ3n) is 2.73. The third kappa shape index (κ3) is 2.69. The molecule has 2 aromatic carbocycles. The number of carbonyl (C=O) groups excluding carboxylic acids is 1. The van der Waals surface area contributed by atoms with Crippen molar-refractivity contribution < 1.29 is 9.72 Å². The minimum Gasteiger partial charge on any atom is -0.323 e. The van der Waals surface area contributed by atoms with Crippen molar-refractivity contribution in [1.29, 1.82) is 0 Å². The molecule has 2 N–H and O–H groups in total. The molecule has 0 aliphatic heterocycles. The molecule has 0 atom stereocenters. The van der Waals surface area contributed by atoms with E-state index in [4.69, 9.17) is 5.84 Å². The minimum absolute atomic E-state index is 0.0581. The average molecular weight is 269 g/mol. The molecule has 0 spiro atoms. The van der Waals surface area contributed by atoms with Gasteiger partial charge in [-0.05, 0) is 12.1 Å². The molecule has 6 heteroatoms. The molecule has 0 aromatic heterocycles. The van der Waals surface area contributed by atoms with Crippen LogP contribution in [0.4, 0.5) is 5.69 Å². The highest BCUT2D eigenvalue weighted by Gasteiger charge is 2.17. The van der Waals surface area contributed by atoms with Crippen molar-refractivity contribution in [2.45, 2.75) is 0 Å². The highest BCUT2D eigenvalue weighted by molar-refractivity contribution is 6.51. The minimum atomic E-state index is -0.512. The van der Waals surface area contributed by atoms with Gasteiger partial charge in [-0.1, -0.05) is 30.3 Å². The molecule has 6 nitrogen and oxygen atoms in total. The molecule has 0 aliphatic carbocycles. The quantitative estimate of drug-likeness (QED) is 0.302. The maximum absolute atomic E-state index is 12.3. The molecule has 0 aliphatic rings. The van der Waals surface area contributed by atoms with Crippen molar-refractivity contribution in [3.63, 3.8) is 0 Å². The highest BCUT2D eigenvalue weighted by atomic mass is 16.6. The largest absolute Gasteiger partial charge is 0.323 e. The molecule has 20 heavy (non-hydrogen) atoms. The summed E-state index contributed by atoms with van der Waals surface area (Å²) in [7, 11) is 0. The fraction of sp³-hybridized carbons (Fsp3) is 0. The molecule has 0 heterocycles. The molecule has 0 fully saturated rings. The number of nitro benzene ring substituents is 1. The van der Waals surface area contributed by atoms with Crippen LogP contribution >= 0.6 is 0 Å². The molecular weight excluding hydrogens is 258 g/mol. The van der Waals surface area contributed by atoms with Crippen LogP contribution in [0.5, 0.6) is 0 Å². The van der Waals surface area contributed by atoms with Gasteiger partial charge in [0.2, 0.25) is 5.78 Å². The van der Waals surface area contributed by atoms with Crippen molar-refractivity contribution in [2.24, 2.45) is 10.9 Å². The van der Waals surface area contributed by atoms with Gasteiger partial charge in [-0.15, -0.1) is 0 Å². The fourth-order valence-electron chi connectivity index (χ4n) is 1.73. The lowest BCUT2D eigenvalue weighted by Crippen LogP contribution is -2.17. The van der Waals surface area contributed by atoms with E-state index in [0.717, 1.165) is 0 Å². The Morgan fingerprint density at radius 3 is 2.10 bits per heavy atom. The smallest absolute Gasteiger partial charge is 0.269 e. The van der Waals surface area contributed by atoms with Gasteiger partial charge in [0.1, 0.15) is 5.71 Å². The summed E-state index contributed by atoms with van der Waals surface area (Å²) >= 11 is 0. The Kier molecular flexibility index (Phi) is 3.85. The van der Waals surface area contributed by atoms with Gasteiger partial charge in [0.15, 0.2) is 0 Å². The number of benzene rings is 2. The summed E-state index contributed by atoms with van der Waals surface area (Å²) < 4.78 is 0. The Hall–Kier alpha value is -3.02. The summed E-state index contributed by atoms with van der Waals surface area (Å²) in [6, 6.07) is 14.1. The van der Waals surface area contributed by atoms with Gasteiger partial charge in [-0.25, -0.2) is 0 Å². The normalized spacial score (nSPS) is 11.1. The first-order valence-electron chi connectivity index (χ1n) is 5.76. The average Bonchev–Trinajstić information content (AvgIpc) is 2.49. The number of ketones is 1. The number of hydrogen-bond donors (Lipinski definition) is 1. The van der Waals surface area contributed by atoms with Gasteiger partial charge in [-0.3, -0.25) is 14.9 Å². The molecule has 0 saturated heterocycles. The zero-order chi connectivity index (χ0) is 14.5. The summed E-state index contributed by atoms with van der Waals surface area (Å²) in [5.41, 5.74) is 0.894. The summed E-state index contributed by atoms with van der Waals surface area (Å²) in [6.45, 7) is 0. The van der Waals surface area contributed by atoms with E-state index in [9.17, 15) is 14.9 Å². The standard InChI is InChI=1S/C14H11N3O3/c15-16-13(14(18)11-4-2-1-3-5-11)10-6-8-12(9-7-10)17(19)20/h1-9H,15H2/b16-13-. The Morgan fingerprint density at radius 2 is 1.60 bits per heavy atom. The zero-order valence-corrected chi connectivity index (χ0v) is 10.4. The first kappa shape index (κ1) is 13.4. The number of hydrazone groups is 1. The molecule has 0 unspecified atom stereocenters. The Bertz CT molecular complexity index is 664. The van der Waals surface area contributed by atoms with E-state index >= 15 is 0 Å². The maximum Gasteiger partial charge on any atom is 0.269 e. The maximum atomic E-state index is 12.3. The third-order valence-corrected chi connectivity index (χ3v) is 2.73. The fourth-order valence-corrected chi connectivity index (χ4v) is 1.73. The van der Waals surface area contributed by atoms with E-state index in [2.05, 4.69) is 5.10 Å². The zero-order valence-electron chi connectivity index (χ0n) is 10.4. The number of non-ortho nitro benzene ring substituents is 1.